The Hall–Kier alpha value is -2.11. The van der Waals surface area contributed by atoms with Crippen molar-refractivity contribution in [1.29, 1.82) is 0 Å². The Morgan fingerprint density at radius 2 is 1.77 bits per heavy atom. The highest BCUT2D eigenvalue weighted by molar-refractivity contribution is 7.99. The zero-order valence-electron chi connectivity index (χ0n) is 11.7. The number of fused-ring (bicyclic) bond motifs is 1. The first kappa shape index (κ1) is 14.8. The molecule has 0 saturated heterocycles. The van der Waals surface area contributed by atoms with Gasteiger partial charge in [-0.25, -0.2) is 14.0 Å². The first-order chi connectivity index (χ1) is 10.5. The lowest BCUT2D eigenvalue weighted by molar-refractivity contribution is 0.178. The maximum atomic E-state index is 12.6. The van der Waals surface area contributed by atoms with Gasteiger partial charge in [0.25, 0.3) is 0 Å². The van der Waals surface area contributed by atoms with E-state index in [1.54, 1.807) is 17.8 Å². The van der Waals surface area contributed by atoms with Crippen LogP contribution in [0.5, 0.6) is 0 Å². The van der Waals surface area contributed by atoms with E-state index in [9.17, 15) is 9.36 Å². The number of hydrogen-bond donors (Lipinski definition) is 3. The quantitative estimate of drug-likeness (QED) is 0.722. The van der Waals surface area contributed by atoms with Crippen molar-refractivity contribution < 1.29 is 14.5 Å². The third-order valence-corrected chi connectivity index (χ3v) is 6.31. The molecule has 114 valence electrons. The van der Waals surface area contributed by atoms with Gasteiger partial charge in [-0.05, 0) is 30.3 Å². The Labute approximate surface area is 132 Å². The van der Waals surface area contributed by atoms with Gasteiger partial charge in [0.1, 0.15) is 0 Å². The molecular formula is C14H14N3O3PS. The van der Waals surface area contributed by atoms with Gasteiger partial charge in [0.05, 0.1) is 11.4 Å². The smallest absolute Gasteiger partial charge is 0.415 e. The summed E-state index contributed by atoms with van der Waals surface area (Å²) in [7, 11) is -2.10. The molecule has 6 nitrogen and oxygen atoms in total. The zero-order valence-corrected chi connectivity index (χ0v) is 13.4. The summed E-state index contributed by atoms with van der Waals surface area (Å²) in [5, 5.41) is 14.6. The standard InChI is InChI=1S/C14H14N3O3PS/c1-17(14(18)19)21(20)15-12-8-7-11(9-13(12)16-21)22-10-5-3-2-4-6-10/h2-9H,1H3,(H,18,19)(H2,15,16,20). The number of hydrogen-bond acceptors (Lipinski definition) is 3. The van der Waals surface area contributed by atoms with Crippen LogP contribution in [0, 0.1) is 0 Å². The van der Waals surface area contributed by atoms with Gasteiger partial charge in [0.2, 0.25) is 0 Å². The van der Waals surface area contributed by atoms with Gasteiger partial charge in [0.15, 0.2) is 0 Å². The van der Waals surface area contributed by atoms with Gasteiger partial charge in [-0.3, -0.25) is 0 Å². The van der Waals surface area contributed by atoms with Gasteiger partial charge < -0.3 is 15.3 Å². The van der Waals surface area contributed by atoms with Crippen molar-refractivity contribution in [1.82, 2.24) is 4.67 Å². The van der Waals surface area contributed by atoms with E-state index in [4.69, 9.17) is 5.11 Å². The first-order valence-electron chi connectivity index (χ1n) is 6.49. The summed E-state index contributed by atoms with van der Waals surface area (Å²) in [5.74, 6) is 0. The van der Waals surface area contributed by atoms with Crippen LogP contribution in [0.2, 0.25) is 0 Å². The highest BCUT2D eigenvalue weighted by atomic mass is 32.2. The number of carbonyl (C=O) groups is 1. The zero-order chi connectivity index (χ0) is 15.7. The largest absolute Gasteiger partial charge is 0.465 e. The Morgan fingerprint density at radius 1 is 1.09 bits per heavy atom. The third kappa shape index (κ3) is 2.77. The van der Waals surface area contributed by atoms with Gasteiger partial charge in [0, 0.05) is 16.8 Å². The van der Waals surface area contributed by atoms with E-state index in [1.165, 1.54) is 7.05 Å². The number of carboxylic acid groups (broad SMARTS) is 1. The molecule has 1 aliphatic heterocycles. The molecule has 3 N–H and O–H groups in total. The van der Waals surface area contributed by atoms with E-state index in [0.29, 0.717) is 11.4 Å². The molecule has 1 heterocycles. The van der Waals surface area contributed by atoms with E-state index in [0.717, 1.165) is 14.5 Å². The molecule has 0 aliphatic carbocycles. The molecule has 0 radical (unpaired) electrons. The van der Waals surface area contributed by atoms with Gasteiger partial charge in [-0.15, -0.1) is 0 Å². The van der Waals surface area contributed by atoms with Crippen LogP contribution in [0.25, 0.3) is 0 Å². The molecular weight excluding hydrogens is 321 g/mol. The van der Waals surface area contributed by atoms with E-state index >= 15 is 0 Å². The SMILES string of the molecule is CN(C(=O)O)P1(=O)Nc2ccc(Sc3ccccc3)cc2N1. The molecule has 0 fully saturated rings. The molecule has 1 atom stereocenters. The number of rotatable bonds is 3. The van der Waals surface area contributed by atoms with E-state index < -0.39 is 13.7 Å². The Morgan fingerprint density at radius 3 is 2.45 bits per heavy atom. The molecule has 2 aromatic rings. The summed E-state index contributed by atoms with van der Waals surface area (Å²) in [4.78, 5) is 13.1. The van der Waals surface area contributed by atoms with Crippen LogP contribution in [-0.2, 0) is 4.57 Å². The summed E-state index contributed by atoms with van der Waals surface area (Å²) in [6.07, 6.45) is -1.25. The first-order valence-corrected chi connectivity index (χ1v) is 8.96. The summed E-state index contributed by atoms with van der Waals surface area (Å²) >= 11 is 1.58. The number of nitrogens with zero attached hydrogens (tertiary/aromatic N) is 1. The minimum absolute atomic E-state index is 0.633. The molecule has 1 unspecified atom stereocenters. The fourth-order valence-corrected chi connectivity index (χ4v) is 4.53. The highest BCUT2D eigenvalue weighted by Gasteiger charge is 2.37. The Bertz CT molecular complexity index is 769. The van der Waals surface area contributed by atoms with Crippen molar-refractivity contribution in [3.05, 3.63) is 48.5 Å². The van der Waals surface area contributed by atoms with Crippen molar-refractivity contribution in [2.24, 2.45) is 0 Å². The molecule has 8 heteroatoms. The van der Waals surface area contributed by atoms with Crippen LogP contribution >= 0.6 is 19.4 Å². The molecule has 0 saturated carbocycles. The maximum absolute atomic E-state index is 12.6. The van der Waals surface area contributed by atoms with Crippen LogP contribution in [0.4, 0.5) is 16.2 Å². The van der Waals surface area contributed by atoms with Gasteiger partial charge in [-0.1, -0.05) is 30.0 Å². The predicted molar refractivity (Wildman–Crippen MR) is 87.6 cm³/mol. The van der Waals surface area contributed by atoms with Crippen LogP contribution in [0.3, 0.4) is 0 Å². The third-order valence-electron chi connectivity index (χ3n) is 3.21. The number of benzene rings is 2. The topological polar surface area (TPSA) is 81.7 Å². The van der Waals surface area contributed by atoms with Crippen LogP contribution < -0.4 is 10.2 Å². The normalized spacial score (nSPS) is 19.0. The number of anilines is 2. The molecule has 0 spiro atoms. The van der Waals surface area contributed by atoms with E-state index in [-0.39, 0.29) is 0 Å². The van der Waals surface area contributed by atoms with Crippen LogP contribution in [0.1, 0.15) is 0 Å². The van der Waals surface area contributed by atoms with Crippen molar-refractivity contribution in [3.8, 4) is 0 Å². The molecule has 2 aromatic carbocycles. The Balaban J connectivity index is 1.83. The van der Waals surface area contributed by atoms with Crippen molar-refractivity contribution in [2.45, 2.75) is 9.79 Å². The van der Waals surface area contributed by atoms with Crippen LogP contribution in [-0.4, -0.2) is 22.9 Å². The van der Waals surface area contributed by atoms with Crippen LogP contribution in [0.15, 0.2) is 58.3 Å². The number of amides is 1. The average Bonchev–Trinajstić information content (AvgIpc) is 2.84. The average molecular weight is 335 g/mol. The van der Waals surface area contributed by atoms with Crippen molar-refractivity contribution in [2.75, 3.05) is 17.2 Å². The lowest BCUT2D eigenvalue weighted by atomic mass is 10.3. The maximum Gasteiger partial charge on any atom is 0.415 e. The fourth-order valence-electron chi connectivity index (χ4n) is 2.03. The molecule has 0 aromatic heterocycles. The second-order valence-corrected chi connectivity index (χ2v) is 8.07. The molecule has 1 aliphatic rings. The lowest BCUT2D eigenvalue weighted by Gasteiger charge is -2.21. The highest BCUT2D eigenvalue weighted by Crippen LogP contribution is 2.56. The van der Waals surface area contributed by atoms with Crippen molar-refractivity contribution >= 4 is 36.8 Å². The van der Waals surface area contributed by atoms with E-state index in [2.05, 4.69) is 10.2 Å². The predicted octanol–water partition coefficient (Wildman–Crippen LogP) is 4.39. The molecule has 3 rings (SSSR count). The van der Waals surface area contributed by atoms with E-state index in [1.807, 2.05) is 42.5 Å². The molecule has 0 bridgehead atoms. The molecule has 22 heavy (non-hydrogen) atoms. The second-order valence-electron chi connectivity index (χ2n) is 4.73. The fraction of sp³-hybridized carbons (Fsp3) is 0.0714. The van der Waals surface area contributed by atoms with Gasteiger partial charge in [-0.2, -0.15) is 0 Å². The number of nitrogens with one attached hydrogen (secondary N) is 2. The summed E-state index contributed by atoms with van der Waals surface area (Å²) in [6, 6.07) is 15.5. The van der Waals surface area contributed by atoms with Gasteiger partial charge >= 0.3 is 13.7 Å². The summed E-state index contributed by atoms with van der Waals surface area (Å²) in [5.41, 5.74) is 1.27. The summed E-state index contributed by atoms with van der Waals surface area (Å²) < 4.78 is 13.4. The minimum Gasteiger partial charge on any atom is -0.465 e. The molecule has 1 amide bonds. The summed E-state index contributed by atoms with van der Waals surface area (Å²) in [6.45, 7) is 0. The van der Waals surface area contributed by atoms with Crippen molar-refractivity contribution in [3.63, 3.8) is 0 Å². The minimum atomic E-state index is -3.38. The lowest BCUT2D eigenvalue weighted by Crippen LogP contribution is -2.26. The second kappa shape index (κ2) is 5.59. The Kier molecular flexibility index (Phi) is 3.76. The monoisotopic (exact) mass is 335 g/mol.